The first-order chi connectivity index (χ1) is 10.3. The molecule has 1 amide bonds. The molecule has 2 rings (SSSR count). The molecule has 8 heteroatoms. The van der Waals surface area contributed by atoms with E-state index in [1.165, 1.54) is 0 Å². The Balaban J connectivity index is 0.00000264. The molecule has 1 heterocycles. The molecule has 0 aliphatic heterocycles. The molecule has 1 aromatic heterocycles. The van der Waals surface area contributed by atoms with Gasteiger partial charge >= 0.3 is 0 Å². The number of aromatic nitrogens is 1. The summed E-state index contributed by atoms with van der Waals surface area (Å²) in [6.07, 6.45) is 0. The second-order valence-electron chi connectivity index (χ2n) is 6.03. The number of nitrogens with zero attached hydrogens (tertiary/aromatic N) is 2. The average Bonchev–Trinajstić information content (AvgIpc) is 2.90. The lowest BCUT2D eigenvalue weighted by Gasteiger charge is -2.19. The maximum Gasteiger partial charge on any atom is 0.243 e. The summed E-state index contributed by atoms with van der Waals surface area (Å²) in [5.41, 5.74) is 9.71. The van der Waals surface area contributed by atoms with Crippen molar-refractivity contribution in [2.45, 2.75) is 32.5 Å². The van der Waals surface area contributed by atoms with Crippen molar-refractivity contribution in [1.82, 2.24) is 9.88 Å². The van der Waals surface area contributed by atoms with E-state index < -0.39 is 5.54 Å². The fraction of sp³-hybridized carbons (Fsp3) is 0.375. The lowest BCUT2D eigenvalue weighted by molar-refractivity contribution is -0.120. The van der Waals surface area contributed by atoms with E-state index in [0.29, 0.717) is 0 Å². The maximum atomic E-state index is 11.9. The zero-order valence-corrected chi connectivity index (χ0v) is 16.4. The van der Waals surface area contributed by atoms with Crippen LogP contribution in [-0.4, -0.2) is 28.4 Å². The molecule has 1 aromatic carbocycles. The van der Waals surface area contributed by atoms with Crippen LogP contribution in [0.5, 0.6) is 0 Å². The molecule has 2 aromatic rings. The van der Waals surface area contributed by atoms with Crippen molar-refractivity contribution in [2.24, 2.45) is 5.73 Å². The minimum Gasteiger partial charge on any atom is -0.325 e. The summed E-state index contributed by atoms with van der Waals surface area (Å²) in [5, 5.41) is 4.90. The molecule has 0 saturated heterocycles. The van der Waals surface area contributed by atoms with E-state index in [4.69, 9.17) is 5.73 Å². The lowest BCUT2D eigenvalue weighted by Crippen LogP contribution is -2.45. The van der Waals surface area contributed by atoms with Crippen molar-refractivity contribution in [3.8, 4) is 0 Å². The van der Waals surface area contributed by atoms with Crippen LogP contribution in [0.1, 0.15) is 25.1 Å². The standard InChI is InChI=1S/C16H22N4OS.2ClH/c1-16(2,17)15(21)19-13-6-4-5-12(7-13)8-20(3)9-14-10-22-11-18-14;;/h4-7,10-11H,8-9,17H2,1-3H3,(H,19,21);2*1H. The van der Waals surface area contributed by atoms with Crippen LogP contribution < -0.4 is 11.1 Å². The highest BCUT2D eigenvalue weighted by molar-refractivity contribution is 7.07. The van der Waals surface area contributed by atoms with Gasteiger partial charge in [-0.1, -0.05) is 12.1 Å². The Kier molecular flexibility index (Phi) is 9.47. The van der Waals surface area contributed by atoms with E-state index in [1.54, 1.807) is 25.2 Å². The van der Waals surface area contributed by atoms with Crippen molar-refractivity contribution < 1.29 is 4.79 Å². The molecule has 0 bridgehead atoms. The number of amides is 1. The van der Waals surface area contributed by atoms with Crippen molar-refractivity contribution in [3.63, 3.8) is 0 Å². The Morgan fingerprint density at radius 3 is 2.62 bits per heavy atom. The van der Waals surface area contributed by atoms with Crippen molar-refractivity contribution >= 4 is 47.7 Å². The van der Waals surface area contributed by atoms with E-state index in [0.717, 1.165) is 30.0 Å². The van der Waals surface area contributed by atoms with Crippen LogP contribution in [0.25, 0.3) is 0 Å². The summed E-state index contributed by atoms with van der Waals surface area (Å²) in [4.78, 5) is 18.4. The zero-order valence-electron chi connectivity index (χ0n) is 14.0. The van der Waals surface area contributed by atoms with Gasteiger partial charge in [-0.2, -0.15) is 0 Å². The number of carbonyl (C=O) groups excluding carboxylic acids is 1. The summed E-state index contributed by atoms with van der Waals surface area (Å²) < 4.78 is 0. The zero-order chi connectivity index (χ0) is 16.2. The Bertz CT molecular complexity index is 629. The third-order valence-electron chi connectivity index (χ3n) is 3.14. The first-order valence-electron chi connectivity index (χ1n) is 7.09. The van der Waals surface area contributed by atoms with E-state index in [-0.39, 0.29) is 30.7 Å². The predicted molar refractivity (Wildman–Crippen MR) is 105 cm³/mol. The quantitative estimate of drug-likeness (QED) is 0.793. The molecule has 0 radical (unpaired) electrons. The number of anilines is 1. The minimum atomic E-state index is -0.891. The molecule has 24 heavy (non-hydrogen) atoms. The first kappa shape index (κ1) is 22.8. The van der Waals surface area contributed by atoms with Crippen molar-refractivity contribution in [2.75, 3.05) is 12.4 Å². The van der Waals surface area contributed by atoms with Crippen LogP contribution in [0.2, 0.25) is 0 Å². The number of thiazole rings is 1. The van der Waals surface area contributed by atoms with Crippen LogP contribution in [0, 0.1) is 0 Å². The van der Waals surface area contributed by atoms with Gasteiger partial charge in [0.15, 0.2) is 0 Å². The Morgan fingerprint density at radius 2 is 2.04 bits per heavy atom. The lowest BCUT2D eigenvalue weighted by atomic mass is 10.1. The van der Waals surface area contributed by atoms with Crippen LogP contribution in [0.3, 0.4) is 0 Å². The second kappa shape index (κ2) is 9.96. The van der Waals surface area contributed by atoms with Gasteiger partial charge in [0.1, 0.15) is 0 Å². The molecule has 0 unspecified atom stereocenters. The third-order valence-corrected chi connectivity index (χ3v) is 3.77. The van der Waals surface area contributed by atoms with Gasteiger partial charge < -0.3 is 11.1 Å². The summed E-state index contributed by atoms with van der Waals surface area (Å²) in [6, 6.07) is 7.82. The SMILES string of the molecule is CN(Cc1cccc(NC(=O)C(C)(C)N)c1)Cc1cscn1.Cl.Cl. The first-order valence-corrected chi connectivity index (χ1v) is 8.04. The van der Waals surface area contributed by atoms with Crippen LogP contribution in [-0.2, 0) is 17.9 Å². The highest BCUT2D eigenvalue weighted by Gasteiger charge is 2.21. The van der Waals surface area contributed by atoms with Gasteiger partial charge in [0.05, 0.1) is 16.7 Å². The van der Waals surface area contributed by atoms with Crippen molar-refractivity contribution in [3.05, 3.63) is 46.4 Å². The molecular formula is C16H24Cl2N4OS. The largest absolute Gasteiger partial charge is 0.325 e. The van der Waals surface area contributed by atoms with Gasteiger partial charge in [0.25, 0.3) is 0 Å². The van der Waals surface area contributed by atoms with E-state index in [1.807, 2.05) is 36.8 Å². The number of hydrogen-bond acceptors (Lipinski definition) is 5. The normalized spacial score (nSPS) is 10.7. The maximum absolute atomic E-state index is 11.9. The molecule has 0 atom stereocenters. The van der Waals surface area contributed by atoms with E-state index in [9.17, 15) is 4.79 Å². The topological polar surface area (TPSA) is 71.2 Å². The van der Waals surface area contributed by atoms with Gasteiger partial charge in [0, 0.05) is 24.2 Å². The number of halogens is 2. The number of carbonyl (C=O) groups is 1. The van der Waals surface area contributed by atoms with Gasteiger partial charge in [-0.05, 0) is 38.6 Å². The minimum absolute atomic E-state index is 0. The summed E-state index contributed by atoms with van der Waals surface area (Å²) in [6.45, 7) is 4.96. The van der Waals surface area contributed by atoms with Crippen LogP contribution in [0.4, 0.5) is 5.69 Å². The monoisotopic (exact) mass is 390 g/mol. The molecule has 0 aliphatic rings. The van der Waals surface area contributed by atoms with E-state index in [2.05, 4.69) is 20.6 Å². The van der Waals surface area contributed by atoms with Gasteiger partial charge in [-0.3, -0.25) is 9.69 Å². The van der Waals surface area contributed by atoms with Gasteiger partial charge in [-0.15, -0.1) is 36.2 Å². The van der Waals surface area contributed by atoms with Crippen LogP contribution >= 0.6 is 36.2 Å². The Morgan fingerprint density at radius 1 is 1.33 bits per heavy atom. The Hall–Kier alpha value is -1.18. The molecule has 0 spiro atoms. The second-order valence-corrected chi connectivity index (χ2v) is 6.75. The molecule has 0 saturated carbocycles. The highest BCUT2D eigenvalue weighted by Crippen LogP contribution is 2.15. The molecule has 0 aliphatic carbocycles. The summed E-state index contributed by atoms with van der Waals surface area (Å²) >= 11 is 1.60. The number of benzene rings is 1. The number of hydrogen-bond donors (Lipinski definition) is 2. The fourth-order valence-corrected chi connectivity index (χ4v) is 2.55. The molecule has 0 fully saturated rings. The molecule has 5 nitrogen and oxygen atoms in total. The molecular weight excluding hydrogens is 367 g/mol. The number of nitrogens with one attached hydrogen (secondary N) is 1. The predicted octanol–water partition coefficient (Wildman–Crippen LogP) is 3.29. The van der Waals surface area contributed by atoms with E-state index >= 15 is 0 Å². The summed E-state index contributed by atoms with van der Waals surface area (Å²) in [7, 11) is 2.05. The van der Waals surface area contributed by atoms with Crippen molar-refractivity contribution in [1.29, 1.82) is 0 Å². The fourth-order valence-electron chi connectivity index (χ4n) is 2.00. The number of rotatable bonds is 6. The third kappa shape index (κ3) is 7.15. The van der Waals surface area contributed by atoms with Gasteiger partial charge in [0.2, 0.25) is 5.91 Å². The average molecular weight is 391 g/mol. The highest BCUT2D eigenvalue weighted by atomic mass is 35.5. The molecule has 3 N–H and O–H groups in total. The van der Waals surface area contributed by atoms with Gasteiger partial charge in [-0.25, -0.2) is 4.98 Å². The Labute approximate surface area is 159 Å². The van der Waals surface area contributed by atoms with Crippen LogP contribution in [0.15, 0.2) is 35.2 Å². The molecule has 134 valence electrons. The smallest absolute Gasteiger partial charge is 0.243 e. The number of nitrogens with two attached hydrogens (primary N) is 1. The summed E-state index contributed by atoms with van der Waals surface area (Å²) in [5.74, 6) is -0.194.